The predicted molar refractivity (Wildman–Crippen MR) is 74.8 cm³/mol. The minimum atomic E-state index is -0.493. The number of ether oxygens (including phenoxy) is 1. The number of aryl methyl sites for hydroxylation is 2. The lowest BCUT2D eigenvalue weighted by molar-refractivity contribution is -0.122. The van der Waals surface area contributed by atoms with E-state index in [9.17, 15) is 9.59 Å². The molecule has 0 unspecified atom stereocenters. The Balaban J connectivity index is 2.55. The molecule has 1 heterocycles. The Bertz CT molecular complexity index is 700. The Labute approximate surface area is 111 Å². The molecule has 1 N–H and O–H groups in total. The molecule has 19 heavy (non-hydrogen) atoms. The van der Waals surface area contributed by atoms with Gasteiger partial charge in [-0.15, -0.1) is 0 Å². The number of hydrogen-bond acceptors (Lipinski definition) is 3. The second-order valence-corrected chi connectivity index (χ2v) is 4.85. The van der Waals surface area contributed by atoms with Crippen molar-refractivity contribution in [1.82, 2.24) is 4.98 Å². The molecule has 1 aromatic carbocycles. The van der Waals surface area contributed by atoms with Gasteiger partial charge in [-0.25, -0.2) is 0 Å². The Morgan fingerprint density at radius 2 is 1.89 bits per heavy atom. The zero-order valence-corrected chi connectivity index (χ0v) is 11.5. The van der Waals surface area contributed by atoms with Gasteiger partial charge in [0.2, 0.25) is 5.56 Å². The minimum absolute atomic E-state index is 0.0303. The van der Waals surface area contributed by atoms with Crippen molar-refractivity contribution in [2.24, 2.45) is 0 Å². The summed E-state index contributed by atoms with van der Waals surface area (Å²) in [7, 11) is 0. The largest absolute Gasteiger partial charge is 0.483 e. The highest BCUT2D eigenvalue weighted by molar-refractivity contribution is 5.85. The van der Waals surface area contributed by atoms with Gasteiger partial charge in [-0.05, 0) is 44.9 Å². The number of nitrogens with one attached hydrogen (secondary N) is 1. The lowest BCUT2D eigenvalue weighted by Gasteiger charge is -2.15. The van der Waals surface area contributed by atoms with E-state index in [0.29, 0.717) is 5.75 Å². The molecule has 0 aliphatic rings. The number of fused-ring (bicyclic) bond motifs is 1. The molecule has 100 valence electrons. The average Bonchev–Trinajstić information content (AvgIpc) is 2.31. The molecule has 4 nitrogen and oxygen atoms in total. The molecular formula is C15H17NO3. The van der Waals surface area contributed by atoms with E-state index in [4.69, 9.17) is 4.74 Å². The van der Waals surface area contributed by atoms with Crippen LogP contribution in [0.2, 0.25) is 0 Å². The summed E-state index contributed by atoms with van der Waals surface area (Å²) in [5.41, 5.74) is 2.45. The second-order valence-electron chi connectivity index (χ2n) is 4.85. The third-order valence-corrected chi connectivity index (χ3v) is 3.22. The van der Waals surface area contributed by atoms with Crippen LogP contribution in [0.1, 0.15) is 25.0 Å². The normalized spacial score (nSPS) is 12.4. The van der Waals surface area contributed by atoms with Gasteiger partial charge in [-0.3, -0.25) is 9.59 Å². The van der Waals surface area contributed by atoms with Crippen LogP contribution < -0.4 is 10.3 Å². The van der Waals surface area contributed by atoms with Gasteiger partial charge >= 0.3 is 0 Å². The summed E-state index contributed by atoms with van der Waals surface area (Å²) in [5, 5.41) is 0.986. The molecule has 0 aliphatic heterocycles. The van der Waals surface area contributed by atoms with Crippen molar-refractivity contribution in [3.63, 3.8) is 0 Å². The fraction of sp³-hybridized carbons (Fsp3) is 0.333. The topological polar surface area (TPSA) is 59.2 Å². The lowest BCUT2D eigenvalue weighted by atomic mass is 10.1. The van der Waals surface area contributed by atoms with E-state index in [-0.39, 0.29) is 11.3 Å². The zero-order chi connectivity index (χ0) is 14.2. The summed E-state index contributed by atoms with van der Waals surface area (Å²) < 4.78 is 5.62. The third kappa shape index (κ3) is 2.67. The molecule has 0 aliphatic carbocycles. The maximum atomic E-state index is 11.5. The summed E-state index contributed by atoms with van der Waals surface area (Å²) in [4.78, 5) is 25.5. The maximum Gasteiger partial charge on any atom is 0.248 e. The van der Waals surface area contributed by atoms with E-state index in [2.05, 4.69) is 4.98 Å². The van der Waals surface area contributed by atoms with E-state index in [0.717, 1.165) is 22.0 Å². The van der Waals surface area contributed by atoms with E-state index >= 15 is 0 Å². The fourth-order valence-electron chi connectivity index (χ4n) is 1.96. The summed E-state index contributed by atoms with van der Waals surface area (Å²) in [6, 6.07) is 5.31. The van der Waals surface area contributed by atoms with Crippen molar-refractivity contribution >= 4 is 16.7 Å². The quantitative estimate of drug-likeness (QED) is 0.921. The molecule has 0 spiro atoms. The number of carbonyl (C=O) groups excluding carboxylic acids is 1. The van der Waals surface area contributed by atoms with Crippen molar-refractivity contribution in [3.8, 4) is 5.75 Å². The standard InChI is InChI=1S/C15H17NO3/c1-8-6-15(18)16-13-7-14(9(2)5-12(8)13)19-11(4)10(3)17/h5-7,11H,1-4H3,(H,16,18)/t11-/m1/s1. The second kappa shape index (κ2) is 4.88. The number of hydrogen-bond donors (Lipinski definition) is 1. The average molecular weight is 259 g/mol. The van der Waals surface area contributed by atoms with Crippen LogP contribution in [0.15, 0.2) is 23.0 Å². The van der Waals surface area contributed by atoms with Gasteiger partial charge in [0, 0.05) is 17.5 Å². The van der Waals surface area contributed by atoms with Gasteiger partial charge < -0.3 is 9.72 Å². The van der Waals surface area contributed by atoms with Gasteiger partial charge in [0.05, 0.1) is 5.52 Å². The fourth-order valence-corrected chi connectivity index (χ4v) is 1.96. The molecule has 0 saturated carbocycles. The number of carbonyl (C=O) groups is 1. The van der Waals surface area contributed by atoms with Crippen molar-refractivity contribution < 1.29 is 9.53 Å². The Hall–Kier alpha value is -2.10. The van der Waals surface area contributed by atoms with Crippen molar-refractivity contribution in [2.45, 2.75) is 33.8 Å². The smallest absolute Gasteiger partial charge is 0.248 e. The molecular weight excluding hydrogens is 242 g/mol. The number of H-pyrrole nitrogens is 1. The van der Waals surface area contributed by atoms with Crippen molar-refractivity contribution in [1.29, 1.82) is 0 Å². The molecule has 2 aromatic rings. The Morgan fingerprint density at radius 1 is 1.21 bits per heavy atom. The first-order valence-corrected chi connectivity index (χ1v) is 6.20. The molecule has 2 rings (SSSR count). The Morgan fingerprint density at radius 3 is 2.53 bits per heavy atom. The first-order chi connectivity index (χ1) is 8.88. The van der Waals surface area contributed by atoms with E-state index in [1.807, 2.05) is 19.9 Å². The van der Waals surface area contributed by atoms with Crippen LogP contribution in [0.3, 0.4) is 0 Å². The van der Waals surface area contributed by atoms with Crippen molar-refractivity contribution in [2.75, 3.05) is 0 Å². The number of Topliss-reactive ketones (excluding diaryl/α,β-unsaturated/α-hetero) is 1. The van der Waals surface area contributed by atoms with Crippen LogP contribution in [-0.2, 0) is 4.79 Å². The summed E-state index contributed by atoms with van der Waals surface area (Å²) >= 11 is 0. The highest BCUT2D eigenvalue weighted by Gasteiger charge is 2.12. The number of aromatic amines is 1. The van der Waals surface area contributed by atoms with Gasteiger partial charge in [-0.1, -0.05) is 0 Å². The summed E-state index contributed by atoms with van der Waals surface area (Å²) in [6.45, 7) is 7.03. The van der Waals surface area contributed by atoms with Crippen molar-refractivity contribution in [3.05, 3.63) is 39.7 Å². The highest BCUT2D eigenvalue weighted by atomic mass is 16.5. The van der Waals surface area contributed by atoms with Crippen LogP contribution in [0.5, 0.6) is 5.75 Å². The Kier molecular flexibility index (Phi) is 3.42. The molecule has 0 fully saturated rings. The van der Waals surface area contributed by atoms with Gasteiger partial charge in [0.15, 0.2) is 11.9 Å². The van der Waals surface area contributed by atoms with Crippen LogP contribution >= 0.6 is 0 Å². The number of rotatable bonds is 3. The van der Waals surface area contributed by atoms with Gasteiger partial charge in [0.25, 0.3) is 0 Å². The number of pyridine rings is 1. The molecule has 0 saturated heterocycles. The third-order valence-electron chi connectivity index (χ3n) is 3.22. The van der Waals surface area contributed by atoms with Crippen LogP contribution in [-0.4, -0.2) is 16.9 Å². The van der Waals surface area contributed by atoms with Crippen LogP contribution in [0.4, 0.5) is 0 Å². The predicted octanol–water partition coefficient (Wildman–Crippen LogP) is 2.50. The first-order valence-electron chi connectivity index (χ1n) is 6.20. The van der Waals surface area contributed by atoms with E-state index < -0.39 is 6.10 Å². The first kappa shape index (κ1) is 13.3. The molecule has 1 atom stereocenters. The number of ketones is 1. The molecule has 0 bridgehead atoms. The monoisotopic (exact) mass is 259 g/mol. The van der Waals surface area contributed by atoms with Gasteiger partial charge in [-0.2, -0.15) is 0 Å². The lowest BCUT2D eigenvalue weighted by Crippen LogP contribution is -2.21. The number of aromatic nitrogens is 1. The van der Waals surface area contributed by atoms with E-state index in [1.54, 1.807) is 19.1 Å². The molecule has 0 radical (unpaired) electrons. The van der Waals surface area contributed by atoms with Crippen LogP contribution in [0.25, 0.3) is 10.9 Å². The maximum absolute atomic E-state index is 11.5. The zero-order valence-electron chi connectivity index (χ0n) is 11.5. The van der Waals surface area contributed by atoms with Crippen LogP contribution in [0, 0.1) is 13.8 Å². The number of benzene rings is 1. The molecule has 4 heteroatoms. The highest BCUT2D eigenvalue weighted by Crippen LogP contribution is 2.26. The summed E-state index contributed by atoms with van der Waals surface area (Å²) in [5.74, 6) is 0.591. The minimum Gasteiger partial charge on any atom is -0.483 e. The SMILES string of the molecule is CC(=O)[C@@H](C)Oc1cc2[nH]c(=O)cc(C)c2cc1C. The summed E-state index contributed by atoms with van der Waals surface area (Å²) in [6.07, 6.45) is -0.493. The van der Waals surface area contributed by atoms with Gasteiger partial charge in [0.1, 0.15) is 5.75 Å². The molecule has 0 amide bonds. The van der Waals surface area contributed by atoms with E-state index in [1.165, 1.54) is 6.92 Å². The molecule has 1 aromatic heterocycles.